The third kappa shape index (κ3) is 5.56. The molecule has 0 unspecified atom stereocenters. The monoisotopic (exact) mass is 521 g/mol. The second-order valence-electron chi connectivity index (χ2n) is 6.88. The molecule has 3 aromatic rings. The molecule has 8 heteroatoms. The fourth-order valence-corrected chi connectivity index (χ4v) is 3.31. The fraction of sp³-hybridized carbons (Fsp3) is 0.364. The molecule has 2 aromatic carbocycles. The third-order valence-electron chi connectivity index (χ3n) is 4.71. The average molecular weight is 521 g/mol. The molecule has 4 rings (SSSR count). The van der Waals surface area contributed by atoms with Crippen molar-refractivity contribution in [2.45, 2.75) is 26.3 Å². The average Bonchev–Trinajstić information content (AvgIpc) is 3.00. The Kier molecular flexibility index (Phi) is 8.18. The predicted octanol–water partition coefficient (Wildman–Crippen LogP) is 4.28. The molecular weight excluding hydrogens is 493 g/mol. The molecule has 0 saturated carbocycles. The van der Waals surface area contributed by atoms with Crippen LogP contribution in [0.4, 0.5) is 5.69 Å². The van der Waals surface area contributed by atoms with Gasteiger partial charge in [-0.1, -0.05) is 12.1 Å². The lowest BCUT2D eigenvalue weighted by Crippen LogP contribution is -2.30. The van der Waals surface area contributed by atoms with E-state index in [9.17, 15) is 0 Å². The summed E-state index contributed by atoms with van der Waals surface area (Å²) in [6.45, 7) is 5.81. The van der Waals surface area contributed by atoms with Gasteiger partial charge in [0.15, 0.2) is 17.5 Å². The van der Waals surface area contributed by atoms with E-state index in [1.165, 1.54) is 0 Å². The van der Waals surface area contributed by atoms with Gasteiger partial charge < -0.3 is 24.7 Å². The number of rotatable bonds is 6. The Morgan fingerprint density at radius 3 is 2.83 bits per heavy atom. The van der Waals surface area contributed by atoms with Gasteiger partial charge in [0.1, 0.15) is 0 Å². The summed E-state index contributed by atoms with van der Waals surface area (Å²) >= 11 is 0. The molecule has 0 saturated heterocycles. The van der Waals surface area contributed by atoms with E-state index >= 15 is 0 Å². The van der Waals surface area contributed by atoms with Crippen LogP contribution in [0.5, 0.6) is 11.5 Å². The summed E-state index contributed by atoms with van der Waals surface area (Å²) in [5, 5.41) is 6.65. The number of aromatic nitrogens is 2. The van der Waals surface area contributed by atoms with Crippen LogP contribution in [0.15, 0.2) is 53.8 Å². The maximum Gasteiger partial charge on any atom is 0.195 e. The number of guanidine groups is 1. The van der Waals surface area contributed by atoms with Crippen LogP contribution in [-0.4, -0.2) is 41.8 Å². The molecule has 2 N–H and O–H groups in total. The van der Waals surface area contributed by atoms with E-state index in [1.54, 1.807) is 0 Å². The lowest BCUT2D eigenvalue weighted by molar-refractivity contribution is 0.297. The van der Waals surface area contributed by atoms with Crippen molar-refractivity contribution in [3.63, 3.8) is 0 Å². The van der Waals surface area contributed by atoms with Crippen LogP contribution in [-0.2, 0) is 6.54 Å². The van der Waals surface area contributed by atoms with E-state index in [4.69, 9.17) is 14.5 Å². The Morgan fingerprint density at radius 1 is 1.13 bits per heavy atom. The number of anilines is 1. The smallest absolute Gasteiger partial charge is 0.195 e. The van der Waals surface area contributed by atoms with E-state index in [2.05, 4.69) is 33.2 Å². The number of aryl methyl sites for hydroxylation is 1. The quantitative estimate of drug-likeness (QED) is 0.219. The van der Waals surface area contributed by atoms with Crippen LogP contribution < -0.4 is 20.1 Å². The van der Waals surface area contributed by atoms with Gasteiger partial charge in [-0.05, 0) is 37.6 Å². The molecule has 0 bridgehead atoms. The summed E-state index contributed by atoms with van der Waals surface area (Å²) in [5.74, 6) is 2.33. The van der Waals surface area contributed by atoms with Gasteiger partial charge in [-0.3, -0.25) is 4.99 Å². The standard InChI is InChI=1S/C22H27N5O2.HI/c1-2-23-22(26-17-9-10-20-21(15-17)29-14-6-13-28-20)24-11-5-12-27-16-25-18-7-3-4-8-19(18)27;/h3-4,7-10,15-16H,2,5-6,11-14H2,1H3,(H2,23,24,26);1H. The van der Waals surface area contributed by atoms with Gasteiger partial charge in [-0.25, -0.2) is 4.98 Å². The minimum absolute atomic E-state index is 0. The van der Waals surface area contributed by atoms with Gasteiger partial charge >= 0.3 is 0 Å². The normalized spacial score (nSPS) is 13.4. The molecular formula is C22H28IN5O2. The van der Waals surface area contributed by atoms with Crippen molar-refractivity contribution < 1.29 is 9.47 Å². The fourth-order valence-electron chi connectivity index (χ4n) is 3.31. The van der Waals surface area contributed by atoms with Crippen LogP contribution in [0.3, 0.4) is 0 Å². The van der Waals surface area contributed by atoms with Crippen molar-refractivity contribution in [2.24, 2.45) is 4.99 Å². The molecule has 1 aliphatic heterocycles. The molecule has 1 aliphatic rings. The highest BCUT2D eigenvalue weighted by Crippen LogP contribution is 2.32. The summed E-state index contributed by atoms with van der Waals surface area (Å²) in [5.41, 5.74) is 3.11. The van der Waals surface area contributed by atoms with Crippen LogP contribution in [0.1, 0.15) is 19.8 Å². The molecule has 0 atom stereocenters. The zero-order chi connectivity index (χ0) is 19.9. The topological polar surface area (TPSA) is 72.7 Å². The number of halogens is 1. The minimum atomic E-state index is 0. The van der Waals surface area contributed by atoms with E-state index in [-0.39, 0.29) is 24.0 Å². The van der Waals surface area contributed by atoms with Gasteiger partial charge in [0.2, 0.25) is 0 Å². The Hall–Kier alpha value is -2.49. The number of imidazole rings is 1. The van der Waals surface area contributed by atoms with E-state index in [1.807, 2.05) is 42.7 Å². The number of fused-ring (bicyclic) bond motifs is 2. The molecule has 0 amide bonds. The molecule has 30 heavy (non-hydrogen) atoms. The summed E-state index contributed by atoms with van der Waals surface area (Å²) in [7, 11) is 0. The number of hydrogen-bond acceptors (Lipinski definition) is 4. The molecule has 0 spiro atoms. The van der Waals surface area contributed by atoms with Crippen molar-refractivity contribution in [1.82, 2.24) is 14.9 Å². The molecule has 0 aliphatic carbocycles. The third-order valence-corrected chi connectivity index (χ3v) is 4.71. The van der Waals surface area contributed by atoms with Crippen molar-refractivity contribution in [2.75, 3.05) is 31.6 Å². The van der Waals surface area contributed by atoms with Gasteiger partial charge in [-0.15, -0.1) is 24.0 Å². The van der Waals surface area contributed by atoms with Gasteiger partial charge in [0.05, 0.1) is 30.6 Å². The van der Waals surface area contributed by atoms with Gasteiger partial charge in [0.25, 0.3) is 0 Å². The highest BCUT2D eigenvalue weighted by Gasteiger charge is 2.11. The lowest BCUT2D eigenvalue weighted by atomic mass is 10.2. The predicted molar refractivity (Wildman–Crippen MR) is 131 cm³/mol. The first kappa shape index (κ1) is 22.2. The number of nitrogens with zero attached hydrogens (tertiary/aromatic N) is 3. The molecule has 2 heterocycles. The summed E-state index contributed by atoms with van der Waals surface area (Å²) in [4.78, 5) is 9.15. The van der Waals surface area contributed by atoms with Gasteiger partial charge in [-0.2, -0.15) is 0 Å². The molecule has 0 radical (unpaired) electrons. The molecule has 0 fully saturated rings. The number of benzene rings is 2. The highest BCUT2D eigenvalue weighted by molar-refractivity contribution is 14.0. The first-order chi connectivity index (χ1) is 14.3. The highest BCUT2D eigenvalue weighted by atomic mass is 127. The summed E-state index contributed by atoms with van der Waals surface area (Å²) in [6.07, 6.45) is 3.72. The molecule has 160 valence electrons. The number of nitrogens with one attached hydrogen (secondary N) is 2. The Labute approximate surface area is 193 Å². The van der Waals surface area contributed by atoms with Crippen LogP contribution in [0.25, 0.3) is 11.0 Å². The number of aliphatic imine (C=N–C) groups is 1. The summed E-state index contributed by atoms with van der Waals surface area (Å²) < 4.78 is 13.6. The Balaban J connectivity index is 0.00000256. The van der Waals surface area contributed by atoms with E-state index < -0.39 is 0 Å². The largest absolute Gasteiger partial charge is 0.490 e. The van der Waals surface area contributed by atoms with Gasteiger partial charge in [0, 0.05) is 37.8 Å². The maximum atomic E-state index is 5.77. The van der Waals surface area contributed by atoms with Crippen LogP contribution >= 0.6 is 24.0 Å². The molecule has 1 aromatic heterocycles. The lowest BCUT2D eigenvalue weighted by Gasteiger charge is -2.14. The first-order valence-electron chi connectivity index (χ1n) is 10.2. The van der Waals surface area contributed by atoms with Crippen LogP contribution in [0.2, 0.25) is 0 Å². The zero-order valence-electron chi connectivity index (χ0n) is 17.1. The van der Waals surface area contributed by atoms with Crippen molar-refractivity contribution >= 4 is 46.7 Å². The van der Waals surface area contributed by atoms with Crippen molar-refractivity contribution in [3.05, 3.63) is 48.8 Å². The number of ether oxygens (including phenoxy) is 2. The Bertz CT molecular complexity index is 989. The minimum Gasteiger partial charge on any atom is -0.490 e. The number of hydrogen-bond donors (Lipinski definition) is 2. The second kappa shape index (κ2) is 11.1. The second-order valence-corrected chi connectivity index (χ2v) is 6.88. The van der Waals surface area contributed by atoms with E-state index in [0.29, 0.717) is 19.8 Å². The SMILES string of the molecule is CCNC(=NCCCn1cnc2ccccc21)Nc1ccc2c(c1)OCCCO2.I. The van der Waals surface area contributed by atoms with Crippen molar-refractivity contribution in [1.29, 1.82) is 0 Å². The summed E-state index contributed by atoms with van der Waals surface area (Å²) in [6, 6.07) is 14.1. The molecule has 7 nitrogen and oxygen atoms in total. The van der Waals surface area contributed by atoms with Crippen molar-refractivity contribution in [3.8, 4) is 11.5 Å². The Morgan fingerprint density at radius 2 is 1.97 bits per heavy atom. The first-order valence-corrected chi connectivity index (χ1v) is 10.2. The van der Waals surface area contributed by atoms with E-state index in [0.717, 1.165) is 60.1 Å². The number of para-hydroxylation sites is 2. The van der Waals surface area contributed by atoms with Crippen LogP contribution in [0, 0.1) is 0 Å². The maximum absolute atomic E-state index is 5.77. The zero-order valence-corrected chi connectivity index (χ0v) is 19.5.